The van der Waals surface area contributed by atoms with Gasteiger partial charge in [0.15, 0.2) is 5.78 Å². The van der Waals surface area contributed by atoms with Gasteiger partial charge in [-0.2, -0.15) is 0 Å². The second-order valence-electron chi connectivity index (χ2n) is 5.44. The van der Waals surface area contributed by atoms with E-state index in [0.717, 1.165) is 16.3 Å². The van der Waals surface area contributed by atoms with Gasteiger partial charge in [-0.1, -0.05) is 17.8 Å². The van der Waals surface area contributed by atoms with Crippen molar-refractivity contribution in [2.24, 2.45) is 4.99 Å². The van der Waals surface area contributed by atoms with Crippen molar-refractivity contribution in [1.82, 2.24) is 4.90 Å². The number of thioether (sulfide) groups is 1. The SMILES string of the molecule is CC(=O)C1=C(C)N(CCO)C(C=Nc2ccc(C)c(C)c2)S1. The Hall–Kier alpha value is -1.59. The van der Waals surface area contributed by atoms with Crippen molar-refractivity contribution in [2.75, 3.05) is 13.2 Å². The predicted octanol–water partition coefficient (Wildman–Crippen LogP) is 3.19. The van der Waals surface area contributed by atoms with Gasteiger partial charge in [-0.05, 0) is 51.0 Å². The molecule has 0 spiro atoms. The summed E-state index contributed by atoms with van der Waals surface area (Å²) in [6.45, 7) is 8.19. The van der Waals surface area contributed by atoms with Crippen molar-refractivity contribution in [2.45, 2.75) is 33.1 Å². The van der Waals surface area contributed by atoms with Crippen LogP contribution in [0, 0.1) is 13.8 Å². The van der Waals surface area contributed by atoms with Gasteiger partial charge in [0.25, 0.3) is 0 Å². The molecule has 0 bridgehead atoms. The van der Waals surface area contributed by atoms with Crippen molar-refractivity contribution in [3.63, 3.8) is 0 Å². The van der Waals surface area contributed by atoms with Crippen LogP contribution in [0.5, 0.6) is 0 Å². The van der Waals surface area contributed by atoms with Gasteiger partial charge in [0, 0.05) is 18.5 Å². The molecule has 0 aliphatic carbocycles. The normalized spacial score (nSPS) is 18.6. The van der Waals surface area contributed by atoms with Crippen LogP contribution in [0.1, 0.15) is 25.0 Å². The van der Waals surface area contributed by atoms with Crippen LogP contribution in [-0.4, -0.2) is 40.5 Å². The van der Waals surface area contributed by atoms with Crippen LogP contribution >= 0.6 is 11.8 Å². The van der Waals surface area contributed by atoms with Crippen LogP contribution in [0.25, 0.3) is 0 Å². The molecule has 0 saturated heterocycles. The third-order valence-corrected chi connectivity index (χ3v) is 5.24. The fourth-order valence-corrected chi connectivity index (χ4v) is 3.61. The van der Waals surface area contributed by atoms with Crippen molar-refractivity contribution in [3.8, 4) is 0 Å². The van der Waals surface area contributed by atoms with E-state index in [2.05, 4.69) is 24.9 Å². The summed E-state index contributed by atoms with van der Waals surface area (Å²) in [4.78, 5) is 19.0. The average Bonchev–Trinajstić information content (AvgIpc) is 2.78. The lowest BCUT2D eigenvalue weighted by atomic mass is 10.1. The summed E-state index contributed by atoms with van der Waals surface area (Å²) in [5, 5.41) is 9.19. The zero-order valence-corrected chi connectivity index (χ0v) is 14.3. The molecule has 2 rings (SSSR count). The molecule has 1 unspecified atom stereocenters. The van der Waals surface area contributed by atoms with E-state index < -0.39 is 0 Å². The van der Waals surface area contributed by atoms with Crippen molar-refractivity contribution >= 4 is 29.4 Å². The molecule has 1 aromatic carbocycles. The predicted molar refractivity (Wildman–Crippen MR) is 92.6 cm³/mol. The molecule has 22 heavy (non-hydrogen) atoms. The molecule has 0 fully saturated rings. The van der Waals surface area contributed by atoms with Crippen molar-refractivity contribution in [3.05, 3.63) is 39.9 Å². The molecule has 1 aliphatic rings. The number of rotatable bonds is 5. The summed E-state index contributed by atoms with van der Waals surface area (Å²) >= 11 is 1.50. The van der Waals surface area contributed by atoms with Crippen LogP contribution in [0.4, 0.5) is 5.69 Å². The quantitative estimate of drug-likeness (QED) is 0.847. The average molecular weight is 318 g/mol. The largest absolute Gasteiger partial charge is 0.395 e. The molecule has 5 heteroatoms. The lowest BCUT2D eigenvalue weighted by Crippen LogP contribution is -2.31. The molecule has 0 amide bonds. The highest BCUT2D eigenvalue weighted by molar-refractivity contribution is 8.05. The zero-order chi connectivity index (χ0) is 16.3. The zero-order valence-electron chi connectivity index (χ0n) is 13.5. The molecule has 4 nitrogen and oxygen atoms in total. The van der Waals surface area contributed by atoms with E-state index in [1.807, 2.05) is 30.2 Å². The fraction of sp³-hybridized carbons (Fsp3) is 0.412. The number of Topliss-reactive ketones (excluding diaryl/α,β-unsaturated/α-hetero) is 1. The summed E-state index contributed by atoms with van der Waals surface area (Å²) < 4.78 is 0. The topological polar surface area (TPSA) is 52.9 Å². The lowest BCUT2D eigenvalue weighted by Gasteiger charge is -2.23. The maximum Gasteiger partial charge on any atom is 0.167 e. The number of hydrogen-bond acceptors (Lipinski definition) is 5. The van der Waals surface area contributed by atoms with Gasteiger partial charge in [0.1, 0.15) is 5.37 Å². The van der Waals surface area contributed by atoms with Gasteiger partial charge in [-0.25, -0.2) is 0 Å². The molecule has 0 aromatic heterocycles. The number of aliphatic imine (C=N–C) groups is 1. The summed E-state index contributed by atoms with van der Waals surface area (Å²) in [5.41, 5.74) is 4.27. The fourth-order valence-electron chi connectivity index (χ4n) is 2.40. The van der Waals surface area contributed by atoms with Gasteiger partial charge < -0.3 is 10.0 Å². The second kappa shape index (κ2) is 7.11. The molecule has 0 saturated carbocycles. The second-order valence-corrected chi connectivity index (χ2v) is 6.57. The monoisotopic (exact) mass is 318 g/mol. The van der Waals surface area contributed by atoms with Gasteiger partial charge >= 0.3 is 0 Å². The smallest absolute Gasteiger partial charge is 0.167 e. The van der Waals surface area contributed by atoms with Crippen LogP contribution in [0.15, 0.2) is 33.8 Å². The lowest BCUT2D eigenvalue weighted by molar-refractivity contribution is -0.113. The van der Waals surface area contributed by atoms with E-state index in [1.54, 1.807) is 6.92 Å². The minimum absolute atomic E-state index is 0.0485. The standard InChI is InChI=1S/C17H22N2O2S/c1-11-5-6-15(9-12(11)2)18-10-16-19(7-8-20)13(3)17(22-16)14(4)21/h5-6,9-10,16,20H,7-8H2,1-4H3. The molecule has 1 aliphatic heterocycles. The molecule has 1 atom stereocenters. The first-order valence-corrected chi connectivity index (χ1v) is 8.19. The molecule has 118 valence electrons. The minimum Gasteiger partial charge on any atom is -0.395 e. The molecule has 0 radical (unpaired) electrons. The van der Waals surface area contributed by atoms with E-state index in [1.165, 1.54) is 22.9 Å². The van der Waals surface area contributed by atoms with E-state index in [9.17, 15) is 9.90 Å². The highest BCUT2D eigenvalue weighted by Crippen LogP contribution is 2.37. The Morgan fingerprint density at radius 2 is 2.09 bits per heavy atom. The summed E-state index contributed by atoms with van der Waals surface area (Å²) in [5.74, 6) is 0.0625. The summed E-state index contributed by atoms with van der Waals surface area (Å²) in [7, 11) is 0. The van der Waals surface area contributed by atoms with Crippen molar-refractivity contribution in [1.29, 1.82) is 0 Å². The molecular weight excluding hydrogens is 296 g/mol. The Morgan fingerprint density at radius 3 is 2.68 bits per heavy atom. The van der Waals surface area contributed by atoms with Crippen molar-refractivity contribution < 1.29 is 9.90 Å². The third kappa shape index (κ3) is 3.59. The first-order chi connectivity index (χ1) is 10.4. The number of ketones is 1. The first kappa shape index (κ1) is 16.8. The highest BCUT2D eigenvalue weighted by atomic mass is 32.2. The van der Waals surface area contributed by atoms with Gasteiger partial charge in [-0.3, -0.25) is 9.79 Å². The number of nitrogens with zero attached hydrogens (tertiary/aromatic N) is 2. The Morgan fingerprint density at radius 1 is 1.36 bits per heavy atom. The van der Waals surface area contributed by atoms with E-state index in [4.69, 9.17) is 0 Å². The number of β-amino-alcohol motifs (C(OH)–C–C–N with tert-alkyl or cyclic N) is 1. The number of benzene rings is 1. The van der Waals surface area contributed by atoms with Crippen LogP contribution in [0.3, 0.4) is 0 Å². The maximum atomic E-state index is 11.7. The maximum absolute atomic E-state index is 11.7. The van der Waals surface area contributed by atoms with Gasteiger partial charge in [-0.15, -0.1) is 0 Å². The third-order valence-electron chi connectivity index (χ3n) is 3.81. The van der Waals surface area contributed by atoms with Crippen LogP contribution in [0.2, 0.25) is 0 Å². The Balaban J connectivity index is 2.19. The molecule has 1 N–H and O–H groups in total. The Labute approximate surface area is 135 Å². The summed E-state index contributed by atoms with van der Waals surface area (Å²) in [6, 6.07) is 6.09. The number of aryl methyl sites for hydroxylation is 2. The summed E-state index contributed by atoms with van der Waals surface area (Å²) in [6.07, 6.45) is 1.85. The number of aliphatic hydroxyl groups excluding tert-OH is 1. The number of aliphatic hydroxyl groups is 1. The highest BCUT2D eigenvalue weighted by Gasteiger charge is 2.30. The van der Waals surface area contributed by atoms with E-state index in [-0.39, 0.29) is 17.8 Å². The Kier molecular flexibility index (Phi) is 5.42. The van der Waals surface area contributed by atoms with E-state index >= 15 is 0 Å². The minimum atomic E-state index is -0.0485. The van der Waals surface area contributed by atoms with Crippen LogP contribution < -0.4 is 0 Å². The number of carbonyl (C=O) groups is 1. The molecule has 1 aromatic rings. The number of allylic oxidation sites excluding steroid dienone is 2. The first-order valence-electron chi connectivity index (χ1n) is 7.31. The number of hydrogen-bond donors (Lipinski definition) is 1. The molecular formula is C17H22N2O2S. The van der Waals surface area contributed by atoms with E-state index in [0.29, 0.717) is 6.54 Å². The van der Waals surface area contributed by atoms with Gasteiger partial charge in [0.05, 0.1) is 17.2 Å². The van der Waals surface area contributed by atoms with Gasteiger partial charge in [0.2, 0.25) is 0 Å². The number of carbonyl (C=O) groups excluding carboxylic acids is 1. The Bertz CT molecular complexity index is 638. The van der Waals surface area contributed by atoms with Crippen LogP contribution in [-0.2, 0) is 4.79 Å². The molecule has 1 heterocycles.